The first-order chi connectivity index (χ1) is 13.2. The van der Waals surface area contributed by atoms with Gasteiger partial charge in [0.15, 0.2) is 12.3 Å². The molecule has 28 heavy (non-hydrogen) atoms. The zero-order chi connectivity index (χ0) is 20.6. The largest absolute Gasteiger partial charge is 0.394 e. The van der Waals surface area contributed by atoms with Crippen LogP contribution in [-0.4, -0.2) is 57.9 Å². The number of benzene rings is 1. The third-order valence-electron chi connectivity index (χ3n) is 4.39. The molecule has 0 saturated carbocycles. The van der Waals surface area contributed by atoms with Gasteiger partial charge in [-0.1, -0.05) is 17.7 Å². The minimum atomic E-state index is -4.33. The Morgan fingerprint density at radius 3 is 2.50 bits per heavy atom. The van der Waals surface area contributed by atoms with Crippen LogP contribution in [0.5, 0.6) is 0 Å². The highest BCUT2D eigenvalue weighted by molar-refractivity contribution is 7.86. The zero-order valence-corrected chi connectivity index (χ0v) is 15.8. The number of aryl methyl sites for hydroxylation is 1. The van der Waals surface area contributed by atoms with Crippen LogP contribution >= 0.6 is 0 Å². The highest BCUT2D eigenvalue weighted by Gasteiger charge is 2.48. The molecular weight excluding hydrogens is 394 g/mol. The minimum Gasteiger partial charge on any atom is -0.394 e. The van der Waals surface area contributed by atoms with Crippen molar-refractivity contribution in [3.05, 3.63) is 56.9 Å². The molecular formula is C16H19N3O8S. The number of aliphatic hydroxyl groups is 2. The molecule has 1 aromatic carbocycles. The van der Waals surface area contributed by atoms with Crippen LogP contribution in [0.3, 0.4) is 0 Å². The number of hydrogen-bond donors (Lipinski definition) is 2. The van der Waals surface area contributed by atoms with Crippen LogP contribution in [0.25, 0.3) is 0 Å². The minimum absolute atomic E-state index is 0.155. The summed E-state index contributed by atoms with van der Waals surface area (Å²) in [5, 5.41) is 23.4. The van der Waals surface area contributed by atoms with Crippen molar-refractivity contribution in [2.24, 2.45) is 7.05 Å². The van der Waals surface area contributed by atoms with E-state index >= 15 is 0 Å². The molecule has 4 atom stereocenters. The van der Waals surface area contributed by atoms with Crippen molar-refractivity contribution in [1.29, 1.82) is 0 Å². The Bertz CT molecular complexity index is 1080. The normalized spacial score (nSPS) is 25.1. The molecule has 2 aromatic rings. The molecule has 0 spiro atoms. The van der Waals surface area contributed by atoms with Crippen LogP contribution in [0.2, 0.25) is 0 Å². The molecule has 0 amide bonds. The van der Waals surface area contributed by atoms with E-state index in [9.17, 15) is 28.2 Å². The van der Waals surface area contributed by atoms with Crippen molar-refractivity contribution in [3.8, 4) is 0 Å². The van der Waals surface area contributed by atoms with E-state index in [1.807, 2.05) is 0 Å². The van der Waals surface area contributed by atoms with Gasteiger partial charge in [-0.25, -0.2) is 4.79 Å². The van der Waals surface area contributed by atoms with Crippen molar-refractivity contribution in [3.63, 3.8) is 0 Å². The lowest BCUT2D eigenvalue weighted by Crippen LogP contribution is -2.44. The van der Waals surface area contributed by atoms with Gasteiger partial charge in [-0.2, -0.15) is 18.2 Å². The average molecular weight is 413 g/mol. The highest BCUT2D eigenvalue weighted by atomic mass is 32.2. The maximum atomic E-state index is 12.6. The summed E-state index contributed by atoms with van der Waals surface area (Å²) in [6.07, 6.45) is -5.00. The second-order valence-corrected chi connectivity index (χ2v) is 7.91. The van der Waals surface area contributed by atoms with Gasteiger partial charge in [-0.05, 0) is 19.1 Å². The lowest BCUT2D eigenvalue weighted by Gasteiger charge is -2.21. The fraction of sp³-hybridized carbons (Fsp3) is 0.438. The molecule has 11 nitrogen and oxygen atoms in total. The van der Waals surface area contributed by atoms with Gasteiger partial charge >= 0.3 is 5.69 Å². The van der Waals surface area contributed by atoms with Gasteiger partial charge < -0.3 is 14.9 Å². The number of aromatic nitrogens is 3. The van der Waals surface area contributed by atoms with E-state index in [0.717, 1.165) is 16.3 Å². The van der Waals surface area contributed by atoms with Gasteiger partial charge in [0.05, 0.1) is 11.5 Å². The molecule has 4 unspecified atom stereocenters. The van der Waals surface area contributed by atoms with E-state index in [2.05, 4.69) is 5.10 Å². The molecule has 0 aliphatic carbocycles. The molecule has 152 valence electrons. The molecule has 1 aromatic heterocycles. The Morgan fingerprint density at radius 2 is 1.89 bits per heavy atom. The summed E-state index contributed by atoms with van der Waals surface area (Å²) in [5.41, 5.74) is -0.741. The first kappa shape index (κ1) is 20.4. The summed E-state index contributed by atoms with van der Waals surface area (Å²) >= 11 is 0. The summed E-state index contributed by atoms with van der Waals surface area (Å²) in [5.74, 6) is 0. The first-order valence-corrected chi connectivity index (χ1v) is 9.65. The first-order valence-electron chi connectivity index (χ1n) is 8.25. The van der Waals surface area contributed by atoms with Gasteiger partial charge in [-0.3, -0.25) is 13.5 Å². The van der Waals surface area contributed by atoms with Gasteiger partial charge in [0.25, 0.3) is 15.7 Å². The summed E-state index contributed by atoms with van der Waals surface area (Å²) in [7, 11) is -3.13. The van der Waals surface area contributed by atoms with E-state index in [1.165, 1.54) is 19.2 Å². The third kappa shape index (κ3) is 3.64. The Hall–Kier alpha value is -2.38. The fourth-order valence-electron chi connectivity index (χ4n) is 2.75. The summed E-state index contributed by atoms with van der Waals surface area (Å²) in [6.45, 7) is 1.13. The number of aliphatic hydroxyl groups excluding tert-OH is 2. The zero-order valence-electron chi connectivity index (χ0n) is 15.0. The standard InChI is InChI=1S/C16H19N3O8S/c1-9-3-5-10(6-4-9)28(24,25)27-14-13(22)11(8-20)26-15(14)19-16(23)18(2)12(21)7-17-19/h3-7,11,13-15,20,22H,8H2,1-2H3. The van der Waals surface area contributed by atoms with Crippen LogP contribution in [-0.2, 0) is 26.1 Å². The van der Waals surface area contributed by atoms with Crippen LogP contribution in [0.15, 0.2) is 44.9 Å². The van der Waals surface area contributed by atoms with Gasteiger partial charge in [0, 0.05) is 7.05 Å². The molecule has 3 rings (SSSR count). The van der Waals surface area contributed by atoms with E-state index in [4.69, 9.17) is 8.92 Å². The number of rotatable bonds is 5. The molecule has 0 bridgehead atoms. The van der Waals surface area contributed by atoms with E-state index in [1.54, 1.807) is 19.1 Å². The van der Waals surface area contributed by atoms with Crippen molar-refractivity contribution < 1.29 is 27.6 Å². The lowest BCUT2D eigenvalue weighted by atomic mass is 10.1. The number of ether oxygens (including phenoxy) is 1. The van der Waals surface area contributed by atoms with Crippen LogP contribution in [0.1, 0.15) is 11.8 Å². The predicted molar refractivity (Wildman–Crippen MR) is 94.0 cm³/mol. The van der Waals surface area contributed by atoms with Crippen LogP contribution in [0.4, 0.5) is 0 Å². The topological polar surface area (TPSA) is 150 Å². The summed E-state index contributed by atoms with van der Waals surface area (Å²) in [4.78, 5) is 23.7. The number of hydrogen-bond acceptors (Lipinski definition) is 9. The second-order valence-electron chi connectivity index (χ2n) is 6.34. The van der Waals surface area contributed by atoms with Crippen molar-refractivity contribution in [2.75, 3.05) is 6.61 Å². The van der Waals surface area contributed by atoms with E-state index < -0.39 is 52.5 Å². The maximum Gasteiger partial charge on any atom is 0.349 e. The average Bonchev–Trinajstić information content (AvgIpc) is 2.95. The van der Waals surface area contributed by atoms with Gasteiger partial charge in [-0.15, -0.1) is 0 Å². The molecule has 12 heteroatoms. The van der Waals surface area contributed by atoms with Crippen molar-refractivity contribution >= 4 is 10.1 Å². The molecule has 1 saturated heterocycles. The lowest BCUT2D eigenvalue weighted by molar-refractivity contribution is -0.0587. The second kappa shape index (κ2) is 7.56. The molecule has 0 radical (unpaired) electrons. The van der Waals surface area contributed by atoms with Gasteiger partial charge in [0.2, 0.25) is 0 Å². The molecule has 2 heterocycles. The monoisotopic (exact) mass is 413 g/mol. The van der Waals surface area contributed by atoms with E-state index in [-0.39, 0.29) is 4.90 Å². The fourth-order valence-corrected chi connectivity index (χ4v) is 3.83. The smallest absolute Gasteiger partial charge is 0.349 e. The molecule has 1 fully saturated rings. The summed E-state index contributed by atoms with van der Waals surface area (Å²) in [6, 6.07) is 5.82. The van der Waals surface area contributed by atoms with Gasteiger partial charge in [0.1, 0.15) is 18.4 Å². The Balaban J connectivity index is 2.01. The molecule has 1 aliphatic rings. The third-order valence-corrected chi connectivity index (χ3v) is 5.71. The van der Waals surface area contributed by atoms with Crippen molar-refractivity contribution in [2.45, 2.75) is 36.4 Å². The number of nitrogens with zero attached hydrogens (tertiary/aromatic N) is 3. The maximum absolute atomic E-state index is 12.6. The van der Waals surface area contributed by atoms with Crippen LogP contribution in [0, 0.1) is 6.92 Å². The van der Waals surface area contributed by atoms with E-state index in [0.29, 0.717) is 4.68 Å². The quantitative estimate of drug-likeness (QED) is 0.545. The summed E-state index contributed by atoms with van der Waals surface area (Å²) < 4.78 is 37.2. The van der Waals surface area contributed by atoms with Crippen molar-refractivity contribution in [1.82, 2.24) is 14.3 Å². The molecule has 1 aliphatic heterocycles. The van der Waals surface area contributed by atoms with Crippen LogP contribution < -0.4 is 11.2 Å². The Labute approximate surface area is 159 Å². The Morgan fingerprint density at radius 1 is 1.25 bits per heavy atom. The SMILES string of the molecule is Cc1ccc(S(=O)(=O)OC2C(O)C(CO)OC2n2ncc(=O)n(C)c2=O)cc1. The highest BCUT2D eigenvalue weighted by Crippen LogP contribution is 2.32. The molecule has 2 N–H and O–H groups in total. The predicted octanol–water partition coefficient (Wildman–Crippen LogP) is -1.72. The Kier molecular flexibility index (Phi) is 5.50.